The zero-order chi connectivity index (χ0) is 18.9. The van der Waals surface area contributed by atoms with Crippen LogP contribution in [-0.2, 0) is 6.42 Å². The lowest BCUT2D eigenvalue weighted by Crippen LogP contribution is -2.27. The first-order valence-electron chi connectivity index (χ1n) is 9.18. The van der Waals surface area contributed by atoms with Crippen molar-refractivity contribution in [2.75, 3.05) is 11.9 Å². The highest BCUT2D eigenvalue weighted by Crippen LogP contribution is 2.12. The molecule has 0 fully saturated rings. The Balaban J connectivity index is 1.46. The van der Waals surface area contributed by atoms with Crippen LogP contribution in [0.3, 0.4) is 0 Å². The topological polar surface area (TPSA) is 66.9 Å². The van der Waals surface area contributed by atoms with Crippen LogP contribution in [0.15, 0.2) is 73.1 Å². The number of carbonyl (C=O) groups excluding carboxylic acids is 1. The average Bonchev–Trinajstić information content (AvgIpc) is 2.73. The Hall–Kier alpha value is -3.21. The molecule has 3 rings (SSSR count). The Kier molecular flexibility index (Phi) is 6.52. The fourth-order valence-electron chi connectivity index (χ4n) is 2.79. The fraction of sp³-hybridized carbons (Fsp3) is 0.227. The van der Waals surface area contributed by atoms with E-state index in [9.17, 15) is 4.79 Å². The minimum Gasteiger partial charge on any atom is -0.369 e. The van der Waals surface area contributed by atoms with Gasteiger partial charge in [-0.25, -0.2) is 9.97 Å². The molecule has 2 N–H and O–H groups in total. The molecular formula is C22H24N4O. The highest BCUT2D eigenvalue weighted by Gasteiger charge is 2.12. The first kappa shape index (κ1) is 18.6. The van der Waals surface area contributed by atoms with E-state index >= 15 is 0 Å². The van der Waals surface area contributed by atoms with E-state index in [2.05, 4.69) is 44.9 Å². The van der Waals surface area contributed by atoms with Gasteiger partial charge < -0.3 is 10.6 Å². The lowest BCUT2D eigenvalue weighted by atomic mass is 10.1. The Bertz CT molecular complexity index is 835. The van der Waals surface area contributed by atoms with Crippen molar-refractivity contribution in [1.29, 1.82) is 0 Å². The van der Waals surface area contributed by atoms with Gasteiger partial charge in [-0.15, -0.1) is 0 Å². The molecule has 0 aliphatic heterocycles. The molecule has 3 aromatic rings. The summed E-state index contributed by atoms with van der Waals surface area (Å²) in [7, 11) is 0. The normalized spacial score (nSPS) is 11.6. The molecule has 0 spiro atoms. The van der Waals surface area contributed by atoms with Crippen molar-refractivity contribution in [3.63, 3.8) is 0 Å². The van der Waals surface area contributed by atoms with Gasteiger partial charge in [0.05, 0.1) is 18.4 Å². The van der Waals surface area contributed by atoms with E-state index in [0.29, 0.717) is 11.5 Å². The second kappa shape index (κ2) is 9.48. The maximum Gasteiger partial charge on any atom is 0.271 e. The highest BCUT2D eigenvalue weighted by molar-refractivity contribution is 5.92. The number of anilines is 1. The number of amides is 1. The Morgan fingerprint density at radius 2 is 1.67 bits per heavy atom. The fourth-order valence-corrected chi connectivity index (χ4v) is 2.79. The number of nitrogens with one attached hydrogen (secondary N) is 2. The predicted molar refractivity (Wildman–Crippen MR) is 108 cm³/mol. The smallest absolute Gasteiger partial charge is 0.271 e. The molecule has 0 saturated heterocycles. The molecule has 27 heavy (non-hydrogen) atoms. The molecule has 1 heterocycles. The molecule has 5 heteroatoms. The van der Waals surface area contributed by atoms with Crippen molar-refractivity contribution < 1.29 is 4.79 Å². The Morgan fingerprint density at radius 1 is 0.963 bits per heavy atom. The molecule has 1 amide bonds. The summed E-state index contributed by atoms with van der Waals surface area (Å²) in [5.74, 6) is 0.449. The number of nitrogens with zero attached hydrogens (tertiary/aromatic N) is 2. The summed E-state index contributed by atoms with van der Waals surface area (Å²) < 4.78 is 0. The largest absolute Gasteiger partial charge is 0.369 e. The summed E-state index contributed by atoms with van der Waals surface area (Å²) in [4.78, 5) is 20.8. The molecule has 138 valence electrons. The maximum absolute atomic E-state index is 12.3. The molecular weight excluding hydrogens is 336 g/mol. The number of hydrogen-bond acceptors (Lipinski definition) is 4. The molecule has 1 aromatic heterocycles. The molecule has 0 saturated carbocycles. The number of aryl methyl sites for hydroxylation is 1. The SMILES string of the molecule is CC(NC(=O)c1cnc(NCCCc2ccccc2)cn1)c1ccccc1. The van der Waals surface area contributed by atoms with Crippen LogP contribution in [-0.4, -0.2) is 22.4 Å². The van der Waals surface area contributed by atoms with Gasteiger partial charge in [-0.1, -0.05) is 60.7 Å². The first-order valence-corrected chi connectivity index (χ1v) is 9.18. The van der Waals surface area contributed by atoms with Gasteiger partial charge in [0, 0.05) is 6.54 Å². The van der Waals surface area contributed by atoms with E-state index in [4.69, 9.17) is 0 Å². The van der Waals surface area contributed by atoms with Crippen molar-refractivity contribution >= 4 is 11.7 Å². The molecule has 1 unspecified atom stereocenters. The van der Waals surface area contributed by atoms with Gasteiger partial charge in [-0.05, 0) is 30.9 Å². The Morgan fingerprint density at radius 3 is 2.33 bits per heavy atom. The van der Waals surface area contributed by atoms with Crippen LogP contribution in [0.25, 0.3) is 0 Å². The van der Waals surface area contributed by atoms with Gasteiger partial charge in [-0.3, -0.25) is 4.79 Å². The minimum absolute atomic E-state index is 0.0868. The van der Waals surface area contributed by atoms with Crippen molar-refractivity contribution in [1.82, 2.24) is 15.3 Å². The monoisotopic (exact) mass is 360 g/mol. The second-order valence-corrected chi connectivity index (χ2v) is 6.41. The number of aromatic nitrogens is 2. The van der Waals surface area contributed by atoms with Gasteiger partial charge in [0.15, 0.2) is 0 Å². The zero-order valence-corrected chi connectivity index (χ0v) is 15.4. The quantitative estimate of drug-likeness (QED) is 0.596. The van der Waals surface area contributed by atoms with Crippen molar-refractivity contribution in [2.45, 2.75) is 25.8 Å². The van der Waals surface area contributed by atoms with Crippen molar-refractivity contribution in [2.24, 2.45) is 0 Å². The molecule has 5 nitrogen and oxygen atoms in total. The third kappa shape index (κ3) is 5.64. The van der Waals surface area contributed by atoms with Gasteiger partial charge in [-0.2, -0.15) is 0 Å². The summed E-state index contributed by atoms with van der Waals surface area (Å²) in [5, 5.41) is 6.18. The van der Waals surface area contributed by atoms with Crippen LogP contribution >= 0.6 is 0 Å². The Labute approximate surface area is 159 Å². The standard InChI is InChI=1S/C22H24N4O/c1-17(19-12-6-3-7-13-19)26-22(27)20-15-25-21(16-24-20)23-14-8-11-18-9-4-2-5-10-18/h2-7,9-10,12-13,15-17H,8,11,14H2,1H3,(H,23,25)(H,26,27). The number of rotatable bonds is 8. The van der Waals surface area contributed by atoms with Gasteiger partial charge in [0.1, 0.15) is 11.5 Å². The van der Waals surface area contributed by atoms with Gasteiger partial charge in [0.25, 0.3) is 5.91 Å². The first-order chi connectivity index (χ1) is 13.2. The molecule has 0 aliphatic rings. The van der Waals surface area contributed by atoms with E-state index in [1.807, 2.05) is 43.3 Å². The number of benzene rings is 2. The zero-order valence-electron chi connectivity index (χ0n) is 15.4. The van der Waals surface area contributed by atoms with Crippen LogP contribution in [0.2, 0.25) is 0 Å². The van der Waals surface area contributed by atoms with Crippen molar-refractivity contribution in [3.8, 4) is 0 Å². The van der Waals surface area contributed by atoms with E-state index in [-0.39, 0.29) is 11.9 Å². The van der Waals surface area contributed by atoms with Crippen LogP contribution in [0.5, 0.6) is 0 Å². The summed E-state index contributed by atoms with van der Waals surface area (Å²) in [5.41, 5.74) is 2.69. The molecule has 0 aliphatic carbocycles. The molecule has 2 aromatic carbocycles. The van der Waals surface area contributed by atoms with Gasteiger partial charge >= 0.3 is 0 Å². The number of carbonyl (C=O) groups is 1. The van der Waals surface area contributed by atoms with Crippen LogP contribution in [0.1, 0.15) is 41.0 Å². The summed E-state index contributed by atoms with van der Waals surface area (Å²) >= 11 is 0. The van der Waals surface area contributed by atoms with E-state index in [0.717, 1.165) is 24.9 Å². The van der Waals surface area contributed by atoms with Crippen LogP contribution in [0, 0.1) is 0 Å². The molecule has 0 bridgehead atoms. The summed E-state index contributed by atoms with van der Waals surface area (Å²) in [6.07, 6.45) is 5.12. The van der Waals surface area contributed by atoms with E-state index < -0.39 is 0 Å². The van der Waals surface area contributed by atoms with E-state index in [1.165, 1.54) is 11.8 Å². The molecule has 1 atom stereocenters. The lowest BCUT2D eigenvalue weighted by molar-refractivity contribution is 0.0934. The summed E-state index contributed by atoms with van der Waals surface area (Å²) in [6, 6.07) is 20.1. The number of hydrogen-bond donors (Lipinski definition) is 2. The third-order valence-corrected chi connectivity index (χ3v) is 4.32. The van der Waals surface area contributed by atoms with Crippen molar-refractivity contribution in [3.05, 3.63) is 89.9 Å². The highest BCUT2D eigenvalue weighted by atomic mass is 16.1. The second-order valence-electron chi connectivity index (χ2n) is 6.41. The third-order valence-electron chi connectivity index (χ3n) is 4.32. The van der Waals surface area contributed by atoms with Gasteiger partial charge in [0.2, 0.25) is 0 Å². The average molecular weight is 360 g/mol. The molecule has 0 radical (unpaired) electrons. The maximum atomic E-state index is 12.3. The van der Waals surface area contributed by atoms with Crippen LogP contribution in [0.4, 0.5) is 5.82 Å². The summed E-state index contributed by atoms with van der Waals surface area (Å²) in [6.45, 7) is 2.75. The minimum atomic E-state index is -0.227. The predicted octanol–water partition coefficient (Wildman–Crippen LogP) is 4.01. The lowest BCUT2D eigenvalue weighted by Gasteiger charge is -2.14. The van der Waals surface area contributed by atoms with E-state index in [1.54, 1.807) is 6.20 Å². The van der Waals surface area contributed by atoms with Crippen LogP contribution < -0.4 is 10.6 Å².